The van der Waals surface area contributed by atoms with Crippen molar-refractivity contribution >= 4 is 59.7 Å². The highest BCUT2D eigenvalue weighted by molar-refractivity contribution is 5.98. The predicted octanol–water partition coefficient (Wildman–Crippen LogP) is 2.51. The molecule has 2 aliphatic carbocycles. The van der Waals surface area contributed by atoms with Crippen LogP contribution in [0.2, 0.25) is 0 Å². The number of phenols is 22. The number of phenolic OH excluding ortho intramolecular Hbond substituents is 22. The number of benzene rings is 8. The number of esters is 8. The first-order chi connectivity index (χ1) is 53.2. The Labute approximate surface area is 629 Å². The Morgan fingerprint density at radius 3 is 0.632 bits per heavy atom. The van der Waals surface area contributed by atoms with E-state index in [0.29, 0.717) is 97.1 Å². The van der Waals surface area contributed by atoms with Crippen molar-refractivity contribution in [2.24, 2.45) is 0 Å². The molecule has 0 bridgehead atoms. The van der Waals surface area contributed by atoms with Gasteiger partial charge in [-0.1, -0.05) is 0 Å². The molecule has 2 saturated carbocycles. The highest BCUT2D eigenvalue weighted by atomic mass is 16.6. The van der Waals surface area contributed by atoms with E-state index in [2.05, 4.69) is 0 Å². The van der Waals surface area contributed by atoms with Crippen molar-refractivity contribution in [3.63, 3.8) is 0 Å². The number of hydrogen-bond donors (Lipinski definition) is 26. The van der Waals surface area contributed by atoms with Gasteiger partial charge >= 0.3 is 59.7 Å². The van der Waals surface area contributed by atoms with Crippen LogP contribution in [0.1, 0.15) is 109 Å². The molecule has 0 saturated heterocycles. The monoisotopic (exact) mass is 1600 g/mol. The molecular formula is C70H56O44. The van der Waals surface area contributed by atoms with Crippen molar-refractivity contribution in [1.29, 1.82) is 0 Å². The molecule has 44 heteroatoms. The lowest BCUT2D eigenvalue weighted by atomic mass is 9.79. The average molecular weight is 1600 g/mol. The lowest BCUT2D eigenvalue weighted by Gasteiger charge is -2.42. The third-order valence-corrected chi connectivity index (χ3v) is 16.7. The van der Waals surface area contributed by atoms with Crippen molar-refractivity contribution in [3.8, 4) is 138 Å². The van der Waals surface area contributed by atoms with Crippen molar-refractivity contribution in [2.75, 3.05) is 0 Å². The second kappa shape index (κ2) is 31.7. The normalized spacial score (nSPS) is 18.9. The molecule has 0 aliphatic heterocycles. The summed E-state index contributed by atoms with van der Waals surface area (Å²) in [5.74, 6) is -40.5. The lowest BCUT2D eigenvalue weighted by molar-refractivity contribution is -0.188. The van der Waals surface area contributed by atoms with Gasteiger partial charge in [0.1, 0.15) is 24.4 Å². The van der Waals surface area contributed by atoms with Gasteiger partial charge < -0.3 is 171 Å². The second-order valence-corrected chi connectivity index (χ2v) is 24.6. The number of aromatic hydroxyl groups is 22. The molecule has 4 atom stereocenters. The highest BCUT2D eigenvalue weighted by Gasteiger charge is 2.57. The number of aliphatic carboxylic acids is 2. The number of carboxylic acids is 2. The maximum Gasteiger partial charge on any atom is 0.344 e. The third kappa shape index (κ3) is 17.3. The molecule has 0 heterocycles. The Hall–Kier alpha value is -16.0. The summed E-state index contributed by atoms with van der Waals surface area (Å²) in [4.78, 5) is 130. The molecule has 600 valence electrons. The van der Waals surface area contributed by atoms with E-state index in [4.69, 9.17) is 37.9 Å². The van der Waals surface area contributed by atoms with Crippen LogP contribution in [0.15, 0.2) is 97.1 Å². The van der Waals surface area contributed by atoms with E-state index in [0.717, 1.165) is 0 Å². The highest BCUT2D eigenvalue weighted by Crippen LogP contribution is 2.47. The maximum absolute atomic E-state index is 13.7. The SMILES string of the molecule is O=C(Oc1c(O)cc(C(=O)OC2[C@H](OC(=O)c3cc(O)c(O)c(O)c3)CC(O)(C(=O)O)C[C@H]2OC(=O)c2cc(O)c(O)c(O)c2)cc1O)c1cc(O)c(O)c(O)c1.O=C(Oc1cc(C(=O)OC2[C@H](OC(=O)c3cc(O)c(O)c(O)c3)CC(O)(C(=O)O)C[C@H]2OC(=O)c2cc(O)c(O)c(O)c2)cc(O)c1O)c1cc(O)c(O)c(O)c1. The van der Waals surface area contributed by atoms with Gasteiger partial charge in [-0.15, -0.1) is 0 Å². The van der Waals surface area contributed by atoms with Gasteiger partial charge in [0.25, 0.3) is 0 Å². The van der Waals surface area contributed by atoms with E-state index in [1.54, 1.807) is 0 Å². The van der Waals surface area contributed by atoms with E-state index in [9.17, 15) is 181 Å². The Morgan fingerprint density at radius 2 is 0.412 bits per heavy atom. The second-order valence-electron chi connectivity index (χ2n) is 24.6. The Balaban J connectivity index is 0.000000261. The van der Waals surface area contributed by atoms with Crippen LogP contribution in [0.25, 0.3) is 0 Å². The van der Waals surface area contributed by atoms with Crippen LogP contribution in [-0.4, -0.2) is 240 Å². The van der Waals surface area contributed by atoms with Crippen molar-refractivity contribution in [1.82, 2.24) is 0 Å². The van der Waals surface area contributed by atoms with E-state index in [1.807, 2.05) is 0 Å². The fraction of sp³-hybridized carbons (Fsp3) is 0.171. The van der Waals surface area contributed by atoms with Crippen molar-refractivity contribution in [2.45, 2.75) is 73.5 Å². The minimum atomic E-state index is -2.94. The van der Waals surface area contributed by atoms with Crippen molar-refractivity contribution in [3.05, 3.63) is 142 Å². The number of ether oxygens (including phenoxy) is 8. The standard InChI is InChI=1S/2C35H28O22/c36-15-1-11(2-16(37)25(15)43)30(47)54-22-8-14(7-21(42)28(22)46)33(50)57-29-23(55-31(48)12-3-17(38)26(44)18(39)4-12)9-35(53,34(51)52)10-24(29)56-32(49)13-5-19(40)27(45)20(41)6-13;36-15-1-11(2-16(37)25(15)44)30(47)54-23-9-35(53,34(51)52)10-24(55-31(48)12-3-17(38)26(45)18(39)4-12)29(23)57-33(50)14-7-21(42)28(22(43)8-14)56-32(49)13-5-19(40)27(46)20(41)6-13/h2*1-8,23-24,29,36-46,53H,9-10H2,(H,51,52)/t2*23-,24-,29?,35?/m11/s1. The third-order valence-electron chi connectivity index (χ3n) is 16.7. The van der Waals surface area contributed by atoms with E-state index >= 15 is 0 Å². The van der Waals surface area contributed by atoms with Gasteiger partial charge in [-0.05, 0) is 97.1 Å². The molecular weight excluding hydrogens is 1540 g/mol. The molecule has 26 N–H and O–H groups in total. The molecule has 2 fully saturated rings. The van der Waals surface area contributed by atoms with Crippen molar-refractivity contribution < 1.29 is 219 Å². The predicted molar refractivity (Wildman–Crippen MR) is 357 cm³/mol. The fourth-order valence-electron chi connectivity index (χ4n) is 11.0. The molecule has 0 spiro atoms. The Morgan fingerprint density at radius 1 is 0.237 bits per heavy atom. The number of carboxylic acid groups (broad SMARTS) is 2. The largest absolute Gasteiger partial charge is 0.504 e. The van der Waals surface area contributed by atoms with Crippen LogP contribution < -0.4 is 9.47 Å². The summed E-state index contributed by atoms with van der Waals surface area (Å²) >= 11 is 0. The smallest absolute Gasteiger partial charge is 0.344 e. The lowest BCUT2D eigenvalue weighted by Crippen LogP contribution is -2.59. The molecule has 0 aromatic heterocycles. The van der Waals surface area contributed by atoms with Crippen LogP contribution in [0.3, 0.4) is 0 Å². The zero-order chi connectivity index (χ0) is 84.5. The topological polar surface area (TPSA) is 771 Å². The fourth-order valence-corrected chi connectivity index (χ4v) is 11.0. The number of hydrogen-bond acceptors (Lipinski definition) is 42. The summed E-state index contributed by atoms with van der Waals surface area (Å²) in [6.45, 7) is 0. The van der Waals surface area contributed by atoms with Gasteiger partial charge in [0.15, 0.2) is 150 Å². The first-order valence-electron chi connectivity index (χ1n) is 31.4. The quantitative estimate of drug-likeness (QED) is 0.0254. The molecule has 8 aromatic carbocycles. The first kappa shape index (κ1) is 82.0. The zero-order valence-electron chi connectivity index (χ0n) is 56.5. The van der Waals surface area contributed by atoms with E-state index in [-0.39, 0.29) is 0 Å². The van der Waals surface area contributed by atoms with E-state index < -0.39 is 316 Å². The summed E-state index contributed by atoms with van der Waals surface area (Å²) in [5.41, 5.74) is -11.3. The Bertz CT molecular complexity index is 4990. The van der Waals surface area contributed by atoms with Crippen LogP contribution in [0, 0.1) is 0 Å². The molecule has 44 nitrogen and oxygen atoms in total. The van der Waals surface area contributed by atoms with E-state index in [1.165, 1.54) is 0 Å². The summed E-state index contributed by atoms with van der Waals surface area (Å²) < 4.78 is 42.1. The molecule has 2 aliphatic rings. The van der Waals surface area contributed by atoms with Crippen LogP contribution in [-0.2, 0) is 38.0 Å². The van der Waals surface area contributed by atoms with Gasteiger partial charge in [0.05, 0.1) is 44.5 Å². The van der Waals surface area contributed by atoms with Gasteiger partial charge in [0.2, 0.25) is 11.5 Å². The van der Waals surface area contributed by atoms with Gasteiger partial charge in [-0.3, -0.25) is 0 Å². The number of carbonyl (C=O) groups is 10. The first-order valence-corrected chi connectivity index (χ1v) is 31.4. The molecule has 8 aromatic rings. The maximum atomic E-state index is 13.7. The number of rotatable bonds is 18. The van der Waals surface area contributed by atoms with Gasteiger partial charge in [-0.25, -0.2) is 47.9 Å². The Kier molecular flexibility index (Phi) is 22.8. The van der Waals surface area contributed by atoms with Gasteiger partial charge in [0, 0.05) is 25.7 Å². The van der Waals surface area contributed by atoms with Crippen LogP contribution in [0.4, 0.5) is 0 Å². The molecule has 10 rings (SSSR count). The minimum Gasteiger partial charge on any atom is -0.504 e. The summed E-state index contributed by atoms with van der Waals surface area (Å²) in [7, 11) is 0. The van der Waals surface area contributed by atoms with Gasteiger partial charge in [-0.2, -0.15) is 0 Å². The molecule has 0 amide bonds. The summed E-state index contributed by atoms with van der Waals surface area (Å²) in [6.07, 6.45) is -17.2. The van der Waals surface area contributed by atoms with Crippen LogP contribution in [0.5, 0.6) is 138 Å². The summed E-state index contributed by atoms with van der Waals surface area (Å²) in [6, 6.07) is 9.81. The number of carbonyl (C=O) groups excluding carboxylic acids is 8. The molecule has 114 heavy (non-hydrogen) atoms. The zero-order valence-corrected chi connectivity index (χ0v) is 56.5. The summed E-state index contributed by atoms with van der Waals surface area (Å²) in [5, 5.41) is 260. The molecule has 0 unspecified atom stereocenters. The van der Waals surface area contributed by atoms with Crippen LogP contribution >= 0.6 is 0 Å². The molecule has 0 radical (unpaired) electrons. The number of aliphatic hydroxyl groups is 2. The average Bonchev–Trinajstić information content (AvgIpc) is 0.771. The minimum absolute atomic E-state index is 0.565.